The summed E-state index contributed by atoms with van der Waals surface area (Å²) in [6.07, 6.45) is 0. The predicted molar refractivity (Wildman–Crippen MR) is 81.9 cm³/mol. The SMILES string of the molecule is Cc1c(-c2c(F)cccc2F)cccc1-c1c(F)cccc1F. The van der Waals surface area contributed by atoms with Crippen LogP contribution in [-0.4, -0.2) is 0 Å². The van der Waals surface area contributed by atoms with Gasteiger partial charge in [0.1, 0.15) is 23.3 Å². The Balaban J connectivity index is 2.29. The fraction of sp³-hybridized carbons (Fsp3) is 0.0526. The Morgan fingerprint density at radius 3 is 1.17 bits per heavy atom. The zero-order chi connectivity index (χ0) is 16.6. The molecule has 0 aliphatic rings. The Bertz CT molecular complexity index is 774. The van der Waals surface area contributed by atoms with Crippen molar-refractivity contribution < 1.29 is 17.6 Å². The molecule has 3 aromatic rings. The summed E-state index contributed by atoms with van der Waals surface area (Å²) in [7, 11) is 0. The first-order valence-electron chi connectivity index (χ1n) is 6.99. The summed E-state index contributed by atoms with van der Waals surface area (Å²) in [4.78, 5) is 0. The average molecular weight is 316 g/mol. The maximum atomic E-state index is 14.0. The van der Waals surface area contributed by atoms with E-state index in [1.807, 2.05) is 0 Å². The van der Waals surface area contributed by atoms with Gasteiger partial charge in [-0.25, -0.2) is 17.6 Å². The van der Waals surface area contributed by atoms with Gasteiger partial charge in [-0.05, 0) is 47.9 Å². The van der Waals surface area contributed by atoms with Gasteiger partial charge in [0.15, 0.2) is 0 Å². The van der Waals surface area contributed by atoms with Crippen LogP contribution in [0, 0.1) is 30.2 Å². The van der Waals surface area contributed by atoms with Crippen LogP contribution in [0.3, 0.4) is 0 Å². The van der Waals surface area contributed by atoms with E-state index in [9.17, 15) is 17.6 Å². The molecule has 0 heterocycles. The molecule has 0 amide bonds. The van der Waals surface area contributed by atoms with E-state index >= 15 is 0 Å². The zero-order valence-corrected chi connectivity index (χ0v) is 12.2. The number of benzene rings is 3. The van der Waals surface area contributed by atoms with Crippen LogP contribution in [0.2, 0.25) is 0 Å². The first-order chi connectivity index (χ1) is 11.0. The molecule has 0 spiro atoms. The Morgan fingerprint density at radius 2 is 0.826 bits per heavy atom. The highest BCUT2D eigenvalue weighted by Gasteiger charge is 2.18. The highest BCUT2D eigenvalue weighted by Crippen LogP contribution is 2.36. The summed E-state index contributed by atoms with van der Waals surface area (Å²) in [5.74, 6) is -2.89. The molecule has 0 nitrogen and oxygen atoms in total. The first kappa shape index (κ1) is 15.3. The molecule has 0 fully saturated rings. The van der Waals surface area contributed by atoms with E-state index in [-0.39, 0.29) is 22.3 Å². The quantitative estimate of drug-likeness (QED) is 0.517. The van der Waals surface area contributed by atoms with E-state index in [2.05, 4.69) is 0 Å². The van der Waals surface area contributed by atoms with E-state index in [0.717, 1.165) is 24.3 Å². The highest BCUT2D eigenvalue weighted by atomic mass is 19.1. The normalized spacial score (nSPS) is 10.8. The Morgan fingerprint density at radius 1 is 0.522 bits per heavy atom. The molecule has 23 heavy (non-hydrogen) atoms. The van der Waals surface area contributed by atoms with Crippen LogP contribution in [0.15, 0.2) is 54.6 Å². The lowest BCUT2D eigenvalue weighted by Crippen LogP contribution is -1.97. The first-order valence-corrected chi connectivity index (χ1v) is 6.99. The molecule has 0 saturated heterocycles. The molecule has 0 bridgehead atoms. The van der Waals surface area contributed by atoms with Gasteiger partial charge in [0.25, 0.3) is 0 Å². The van der Waals surface area contributed by atoms with Crippen LogP contribution in [0.4, 0.5) is 17.6 Å². The molecule has 0 saturated carbocycles. The van der Waals surface area contributed by atoms with E-state index < -0.39 is 23.3 Å². The summed E-state index contributed by atoms with van der Waals surface area (Å²) >= 11 is 0. The van der Waals surface area contributed by atoms with Gasteiger partial charge in [-0.2, -0.15) is 0 Å². The van der Waals surface area contributed by atoms with Gasteiger partial charge in [-0.1, -0.05) is 30.3 Å². The molecule has 0 unspecified atom stereocenters. The van der Waals surface area contributed by atoms with Crippen LogP contribution in [0.25, 0.3) is 22.3 Å². The van der Waals surface area contributed by atoms with E-state index in [4.69, 9.17) is 0 Å². The molecule has 116 valence electrons. The van der Waals surface area contributed by atoms with Gasteiger partial charge in [-0.15, -0.1) is 0 Å². The molecular formula is C19H12F4. The van der Waals surface area contributed by atoms with Crippen LogP contribution >= 0.6 is 0 Å². The summed E-state index contributed by atoms with van der Waals surface area (Å²) in [5, 5.41) is 0. The van der Waals surface area contributed by atoms with Crippen molar-refractivity contribution in [3.05, 3.63) is 83.4 Å². The van der Waals surface area contributed by atoms with E-state index in [1.54, 1.807) is 6.92 Å². The molecule has 4 heteroatoms. The van der Waals surface area contributed by atoms with Gasteiger partial charge in [0.05, 0.1) is 11.1 Å². The lowest BCUT2D eigenvalue weighted by atomic mass is 9.92. The lowest BCUT2D eigenvalue weighted by molar-refractivity contribution is 0.589. The maximum absolute atomic E-state index is 14.0. The fourth-order valence-corrected chi connectivity index (χ4v) is 2.69. The molecule has 0 aliphatic carbocycles. The molecular weight excluding hydrogens is 304 g/mol. The van der Waals surface area contributed by atoms with Crippen molar-refractivity contribution in [2.24, 2.45) is 0 Å². The van der Waals surface area contributed by atoms with Gasteiger partial charge in [0.2, 0.25) is 0 Å². The molecule has 0 atom stereocenters. The topological polar surface area (TPSA) is 0 Å². The molecule has 3 rings (SSSR count). The molecule has 0 radical (unpaired) electrons. The third-order valence-corrected chi connectivity index (χ3v) is 3.80. The standard InChI is InChI=1S/C19H12F4/c1-11-12(18-14(20)7-3-8-15(18)21)5-2-6-13(11)19-16(22)9-4-10-17(19)23/h2-10H,1H3. The number of halogens is 4. The van der Waals surface area contributed by atoms with E-state index in [0.29, 0.717) is 5.56 Å². The van der Waals surface area contributed by atoms with Gasteiger partial charge in [0, 0.05) is 0 Å². The minimum Gasteiger partial charge on any atom is -0.206 e. The average Bonchev–Trinajstić information content (AvgIpc) is 2.50. The second kappa shape index (κ2) is 5.88. The van der Waals surface area contributed by atoms with Crippen LogP contribution < -0.4 is 0 Å². The van der Waals surface area contributed by atoms with Crippen molar-refractivity contribution in [1.29, 1.82) is 0 Å². The Labute approximate surface area is 131 Å². The van der Waals surface area contributed by atoms with Gasteiger partial charge >= 0.3 is 0 Å². The fourth-order valence-electron chi connectivity index (χ4n) is 2.69. The van der Waals surface area contributed by atoms with Crippen molar-refractivity contribution in [2.75, 3.05) is 0 Å². The number of hydrogen-bond acceptors (Lipinski definition) is 0. The largest absolute Gasteiger partial charge is 0.206 e. The van der Waals surface area contributed by atoms with Gasteiger partial charge in [-0.3, -0.25) is 0 Å². The minimum atomic E-state index is -0.723. The smallest absolute Gasteiger partial charge is 0.133 e. The Hall–Kier alpha value is -2.62. The van der Waals surface area contributed by atoms with Crippen molar-refractivity contribution in [1.82, 2.24) is 0 Å². The van der Waals surface area contributed by atoms with E-state index in [1.165, 1.54) is 30.3 Å². The molecule has 0 aliphatic heterocycles. The van der Waals surface area contributed by atoms with Crippen LogP contribution in [-0.2, 0) is 0 Å². The van der Waals surface area contributed by atoms with Crippen molar-refractivity contribution >= 4 is 0 Å². The van der Waals surface area contributed by atoms with Gasteiger partial charge < -0.3 is 0 Å². The van der Waals surface area contributed by atoms with Crippen LogP contribution in [0.1, 0.15) is 5.56 Å². The summed E-state index contributed by atoms with van der Waals surface area (Å²) in [6.45, 7) is 1.59. The summed E-state index contributed by atoms with van der Waals surface area (Å²) in [5.41, 5.74) is 0.522. The number of hydrogen-bond donors (Lipinski definition) is 0. The Kier molecular flexibility index (Phi) is 3.90. The molecule has 3 aromatic carbocycles. The highest BCUT2D eigenvalue weighted by molar-refractivity contribution is 5.79. The lowest BCUT2D eigenvalue weighted by Gasteiger charge is -2.14. The number of rotatable bonds is 2. The molecule has 0 aromatic heterocycles. The minimum absolute atomic E-state index is 0.205. The van der Waals surface area contributed by atoms with Crippen LogP contribution in [0.5, 0.6) is 0 Å². The summed E-state index contributed by atoms with van der Waals surface area (Å²) < 4.78 is 56.1. The monoisotopic (exact) mass is 316 g/mol. The third kappa shape index (κ3) is 2.61. The predicted octanol–water partition coefficient (Wildman–Crippen LogP) is 5.89. The summed E-state index contributed by atoms with van der Waals surface area (Å²) in [6, 6.07) is 11.7. The van der Waals surface area contributed by atoms with Crippen molar-refractivity contribution in [3.63, 3.8) is 0 Å². The van der Waals surface area contributed by atoms with Crippen molar-refractivity contribution in [2.45, 2.75) is 6.92 Å². The second-order valence-electron chi connectivity index (χ2n) is 5.17. The third-order valence-electron chi connectivity index (χ3n) is 3.80. The van der Waals surface area contributed by atoms with Crippen molar-refractivity contribution in [3.8, 4) is 22.3 Å². The maximum Gasteiger partial charge on any atom is 0.133 e. The zero-order valence-electron chi connectivity index (χ0n) is 12.2. The molecule has 0 N–H and O–H groups in total. The second-order valence-corrected chi connectivity index (χ2v) is 5.17.